The summed E-state index contributed by atoms with van der Waals surface area (Å²) in [5, 5.41) is 3.05. The number of nitrogens with zero attached hydrogens (tertiary/aromatic N) is 2. The van der Waals surface area contributed by atoms with Gasteiger partial charge in [-0.1, -0.05) is 11.6 Å². The van der Waals surface area contributed by atoms with Crippen LogP contribution in [0.2, 0.25) is 5.15 Å². The van der Waals surface area contributed by atoms with E-state index in [9.17, 15) is 4.79 Å². The summed E-state index contributed by atoms with van der Waals surface area (Å²) in [5.74, 6) is -0.264. The lowest BCUT2D eigenvalue weighted by Gasteiger charge is -2.05. The highest BCUT2D eigenvalue weighted by Crippen LogP contribution is 2.23. The van der Waals surface area contributed by atoms with Crippen molar-refractivity contribution in [2.75, 3.05) is 5.32 Å². The van der Waals surface area contributed by atoms with Crippen molar-refractivity contribution in [3.05, 3.63) is 50.4 Å². The van der Waals surface area contributed by atoms with Crippen LogP contribution in [-0.4, -0.2) is 15.9 Å². The van der Waals surface area contributed by atoms with Crippen LogP contribution in [0.5, 0.6) is 0 Å². The lowest BCUT2D eigenvalue weighted by atomic mass is 10.2. The molecule has 7 heteroatoms. The van der Waals surface area contributed by atoms with Gasteiger partial charge in [0.2, 0.25) is 0 Å². The van der Waals surface area contributed by atoms with E-state index in [2.05, 4.69) is 47.1 Å². The molecule has 0 aliphatic rings. The molecule has 0 fully saturated rings. The van der Waals surface area contributed by atoms with E-state index in [1.165, 1.54) is 12.4 Å². The first-order valence-corrected chi connectivity index (χ1v) is 6.75. The minimum Gasteiger partial charge on any atom is -0.321 e. The third-order valence-corrected chi connectivity index (χ3v) is 3.59. The molecule has 0 aliphatic heterocycles. The first-order valence-electron chi connectivity index (χ1n) is 4.79. The molecule has 0 atom stereocenters. The lowest BCUT2D eigenvalue weighted by molar-refractivity contribution is 0.102. The monoisotopic (exact) mass is 389 g/mol. The average molecular weight is 391 g/mol. The SMILES string of the molecule is O=C(Nc1cnc(Cl)c(Br)c1)c1cncc(Br)c1. The lowest BCUT2D eigenvalue weighted by Crippen LogP contribution is -2.12. The molecule has 2 rings (SSSR count). The summed E-state index contributed by atoms with van der Waals surface area (Å²) in [6, 6.07) is 3.36. The van der Waals surface area contributed by atoms with Gasteiger partial charge in [-0.15, -0.1) is 0 Å². The zero-order valence-electron chi connectivity index (χ0n) is 8.82. The fourth-order valence-corrected chi connectivity index (χ4v) is 2.05. The maximum Gasteiger partial charge on any atom is 0.257 e. The minimum absolute atomic E-state index is 0.264. The number of aromatic nitrogens is 2. The second-order valence-corrected chi connectivity index (χ2v) is 5.47. The molecular weight excluding hydrogens is 385 g/mol. The number of pyridine rings is 2. The van der Waals surface area contributed by atoms with Crippen molar-refractivity contribution in [1.82, 2.24) is 9.97 Å². The summed E-state index contributed by atoms with van der Waals surface area (Å²) in [5.41, 5.74) is 1.01. The van der Waals surface area contributed by atoms with Crippen LogP contribution in [0.15, 0.2) is 39.7 Å². The molecule has 2 aromatic heterocycles. The van der Waals surface area contributed by atoms with E-state index < -0.39 is 0 Å². The third kappa shape index (κ3) is 3.28. The van der Waals surface area contributed by atoms with E-state index >= 15 is 0 Å². The van der Waals surface area contributed by atoms with Gasteiger partial charge in [0.25, 0.3) is 5.91 Å². The molecule has 0 aliphatic carbocycles. The number of amides is 1. The van der Waals surface area contributed by atoms with Gasteiger partial charge >= 0.3 is 0 Å². The van der Waals surface area contributed by atoms with Gasteiger partial charge in [0.1, 0.15) is 5.15 Å². The highest BCUT2D eigenvalue weighted by molar-refractivity contribution is 9.10. The summed E-state index contributed by atoms with van der Waals surface area (Å²) >= 11 is 12.3. The number of nitrogens with one attached hydrogen (secondary N) is 1. The highest BCUT2D eigenvalue weighted by Gasteiger charge is 2.08. The number of anilines is 1. The van der Waals surface area contributed by atoms with Crippen LogP contribution in [0.4, 0.5) is 5.69 Å². The van der Waals surface area contributed by atoms with Gasteiger partial charge in [-0.25, -0.2) is 4.98 Å². The summed E-state index contributed by atoms with van der Waals surface area (Å²) in [7, 11) is 0. The Balaban J connectivity index is 2.18. The number of carbonyl (C=O) groups is 1. The fraction of sp³-hybridized carbons (Fsp3) is 0. The van der Waals surface area contributed by atoms with E-state index in [4.69, 9.17) is 11.6 Å². The Kier molecular flexibility index (Phi) is 4.31. The molecule has 2 heterocycles. The quantitative estimate of drug-likeness (QED) is 0.790. The maximum atomic E-state index is 11.9. The number of rotatable bonds is 2. The molecule has 0 radical (unpaired) electrons. The van der Waals surface area contributed by atoms with Gasteiger partial charge in [0, 0.05) is 16.9 Å². The predicted molar refractivity (Wildman–Crippen MR) is 76.8 cm³/mol. The Morgan fingerprint density at radius 1 is 1.22 bits per heavy atom. The predicted octanol–water partition coefficient (Wildman–Crippen LogP) is 3.91. The second kappa shape index (κ2) is 5.77. The summed E-state index contributed by atoms with van der Waals surface area (Å²) < 4.78 is 1.36. The molecule has 4 nitrogen and oxygen atoms in total. The second-order valence-electron chi connectivity index (χ2n) is 3.34. The zero-order valence-corrected chi connectivity index (χ0v) is 12.8. The smallest absolute Gasteiger partial charge is 0.257 e. The normalized spacial score (nSPS) is 10.2. The largest absolute Gasteiger partial charge is 0.321 e. The third-order valence-electron chi connectivity index (χ3n) is 2.02. The molecule has 0 spiro atoms. The van der Waals surface area contributed by atoms with Gasteiger partial charge in [0.05, 0.1) is 21.9 Å². The molecule has 1 amide bonds. The van der Waals surface area contributed by atoms with E-state index in [1.54, 1.807) is 18.3 Å². The molecule has 1 N–H and O–H groups in total. The highest BCUT2D eigenvalue weighted by atomic mass is 79.9. The molecule has 18 heavy (non-hydrogen) atoms. The maximum absolute atomic E-state index is 11.9. The van der Waals surface area contributed by atoms with Gasteiger partial charge < -0.3 is 5.32 Å². The van der Waals surface area contributed by atoms with E-state index in [1.807, 2.05) is 0 Å². The molecule has 0 unspecified atom stereocenters. The van der Waals surface area contributed by atoms with Crippen molar-refractivity contribution in [3.63, 3.8) is 0 Å². The van der Waals surface area contributed by atoms with Crippen LogP contribution in [-0.2, 0) is 0 Å². The van der Waals surface area contributed by atoms with Crippen LogP contribution in [0.25, 0.3) is 0 Å². The van der Waals surface area contributed by atoms with Crippen molar-refractivity contribution >= 4 is 55.1 Å². The number of hydrogen-bond donors (Lipinski definition) is 1. The van der Waals surface area contributed by atoms with Crippen molar-refractivity contribution in [1.29, 1.82) is 0 Å². The minimum atomic E-state index is -0.264. The molecule has 2 aromatic rings. The number of carbonyl (C=O) groups excluding carboxylic acids is 1. The van der Waals surface area contributed by atoms with Crippen molar-refractivity contribution < 1.29 is 4.79 Å². The van der Waals surface area contributed by atoms with Crippen molar-refractivity contribution in [2.24, 2.45) is 0 Å². The zero-order chi connectivity index (χ0) is 13.1. The first kappa shape index (κ1) is 13.5. The van der Waals surface area contributed by atoms with Crippen LogP contribution >= 0.6 is 43.5 Å². The number of halogens is 3. The Morgan fingerprint density at radius 2 is 2.00 bits per heavy atom. The van der Waals surface area contributed by atoms with Gasteiger partial charge in [-0.05, 0) is 44.0 Å². The van der Waals surface area contributed by atoms with E-state index in [0.717, 1.165) is 4.47 Å². The van der Waals surface area contributed by atoms with Crippen molar-refractivity contribution in [3.8, 4) is 0 Å². The Morgan fingerprint density at radius 3 is 2.67 bits per heavy atom. The Labute approximate surface area is 125 Å². The molecule has 92 valence electrons. The molecule has 0 saturated heterocycles. The number of hydrogen-bond acceptors (Lipinski definition) is 3. The standard InChI is InChI=1S/C11H6Br2ClN3O/c12-7-1-6(3-15-4-7)11(18)17-8-2-9(13)10(14)16-5-8/h1-5H,(H,17,18). The van der Waals surface area contributed by atoms with Gasteiger partial charge in [-0.3, -0.25) is 9.78 Å². The molecular formula is C11H6Br2ClN3O. The summed E-state index contributed by atoms with van der Waals surface area (Å²) in [6.07, 6.45) is 4.58. The first-order chi connectivity index (χ1) is 8.56. The van der Waals surface area contributed by atoms with Gasteiger partial charge in [-0.2, -0.15) is 0 Å². The van der Waals surface area contributed by atoms with Crippen LogP contribution in [0, 0.1) is 0 Å². The van der Waals surface area contributed by atoms with Crippen molar-refractivity contribution in [2.45, 2.75) is 0 Å². The molecule has 0 aromatic carbocycles. The fourth-order valence-electron chi connectivity index (χ4n) is 1.23. The molecule has 0 bridgehead atoms. The Bertz CT molecular complexity index is 607. The van der Waals surface area contributed by atoms with Crippen LogP contribution in [0.1, 0.15) is 10.4 Å². The summed E-state index contributed by atoms with van der Waals surface area (Å²) in [6.45, 7) is 0. The van der Waals surface area contributed by atoms with Gasteiger partial charge in [0.15, 0.2) is 0 Å². The van der Waals surface area contributed by atoms with E-state index in [0.29, 0.717) is 20.9 Å². The van der Waals surface area contributed by atoms with E-state index in [-0.39, 0.29) is 5.91 Å². The topological polar surface area (TPSA) is 54.9 Å². The van der Waals surface area contributed by atoms with Crippen LogP contribution in [0.3, 0.4) is 0 Å². The average Bonchev–Trinajstić information content (AvgIpc) is 2.34. The molecule has 0 saturated carbocycles. The van der Waals surface area contributed by atoms with Crippen LogP contribution < -0.4 is 5.32 Å². The Hall–Kier alpha value is -0.980. The summed E-state index contributed by atoms with van der Waals surface area (Å²) in [4.78, 5) is 19.8.